The molecule has 0 fully saturated rings. The fourth-order valence-electron chi connectivity index (χ4n) is 2.47. The Morgan fingerprint density at radius 3 is 2.90 bits per heavy atom. The summed E-state index contributed by atoms with van der Waals surface area (Å²) in [6, 6.07) is 7.36. The van der Waals surface area contributed by atoms with Crippen molar-refractivity contribution in [3.8, 4) is 0 Å². The highest BCUT2D eigenvalue weighted by molar-refractivity contribution is 5.86. The van der Waals surface area contributed by atoms with Gasteiger partial charge in [0.1, 0.15) is 0 Å². The summed E-state index contributed by atoms with van der Waals surface area (Å²) in [5.41, 5.74) is 8.10. The standard InChI is InChI=1S/C16H23N3O2/c1-2-12(7-8-20)19-16(21)14(17)9-11-10-18-15-6-4-3-5-13(11)15/h3-6,10,12,14,18,20H,2,7-9,17H2,1H3,(H,19,21). The fourth-order valence-corrected chi connectivity index (χ4v) is 2.47. The number of aliphatic hydroxyl groups excluding tert-OH is 1. The number of aliphatic hydroxyl groups is 1. The molecule has 2 rings (SSSR count). The van der Waals surface area contributed by atoms with Gasteiger partial charge in [-0.2, -0.15) is 0 Å². The summed E-state index contributed by atoms with van der Waals surface area (Å²) in [6.45, 7) is 2.04. The van der Waals surface area contributed by atoms with Gasteiger partial charge in [-0.25, -0.2) is 0 Å². The molecule has 0 aliphatic heterocycles. The average Bonchev–Trinajstić information content (AvgIpc) is 2.90. The van der Waals surface area contributed by atoms with Crippen molar-refractivity contribution in [2.45, 2.75) is 38.3 Å². The second-order valence-corrected chi connectivity index (χ2v) is 5.30. The maximum atomic E-state index is 12.1. The Morgan fingerprint density at radius 1 is 1.43 bits per heavy atom. The molecule has 1 aromatic carbocycles. The third-order valence-corrected chi connectivity index (χ3v) is 3.77. The lowest BCUT2D eigenvalue weighted by molar-refractivity contribution is -0.123. The van der Waals surface area contributed by atoms with E-state index in [0.29, 0.717) is 12.8 Å². The van der Waals surface area contributed by atoms with Gasteiger partial charge in [-0.05, 0) is 30.9 Å². The first-order chi connectivity index (χ1) is 10.2. The van der Waals surface area contributed by atoms with Crippen LogP contribution in [0.1, 0.15) is 25.3 Å². The fraction of sp³-hybridized carbons (Fsp3) is 0.438. The van der Waals surface area contributed by atoms with Crippen LogP contribution < -0.4 is 11.1 Å². The molecule has 0 spiro atoms. The molecule has 114 valence electrons. The molecule has 0 aliphatic carbocycles. The molecule has 5 N–H and O–H groups in total. The van der Waals surface area contributed by atoms with E-state index in [2.05, 4.69) is 10.3 Å². The van der Waals surface area contributed by atoms with Crippen LogP contribution in [0.25, 0.3) is 10.9 Å². The smallest absolute Gasteiger partial charge is 0.237 e. The van der Waals surface area contributed by atoms with E-state index in [9.17, 15) is 4.79 Å². The van der Waals surface area contributed by atoms with Crippen molar-refractivity contribution in [1.29, 1.82) is 0 Å². The van der Waals surface area contributed by atoms with Crippen LogP contribution in [0.2, 0.25) is 0 Å². The average molecular weight is 289 g/mol. The third-order valence-electron chi connectivity index (χ3n) is 3.77. The minimum Gasteiger partial charge on any atom is -0.396 e. The summed E-state index contributed by atoms with van der Waals surface area (Å²) in [5.74, 6) is -0.166. The van der Waals surface area contributed by atoms with Gasteiger partial charge in [0, 0.05) is 29.7 Å². The lowest BCUT2D eigenvalue weighted by atomic mass is 10.0. The monoisotopic (exact) mass is 289 g/mol. The lowest BCUT2D eigenvalue weighted by Gasteiger charge is -2.19. The molecule has 0 saturated heterocycles. The molecular weight excluding hydrogens is 266 g/mol. The van der Waals surface area contributed by atoms with Crippen molar-refractivity contribution in [3.63, 3.8) is 0 Å². The molecule has 5 heteroatoms. The van der Waals surface area contributed by atoms with Crippen LogP contribution in [0.4, 0.5) is 0 Å². The Bertz CT molecular complexity index is 594. The molecule has 21 heavy (non-hydrogen) atoms. The highest BCUT2D eigenvalue weighted by atomic mass is 16.3. The number of para-hydroxylation sites is 1. The molecule has 0 aliphatic rings. The molecule has 1 aromatic heterocycles. The van der Waals surface area contributed by atoms with Gasteiger partial charge in [0.15, 0.2) is 0 Å². The first-order valence-electron chi connectivity index (χ1n) is 7.37. The SMILES string of the molecule is CCC(CCO)NC(=O)C(N)Cc1c[nH]c2ccccc12. The normalized spacial score (nSPS) is 14.0. The number of fused-ring (bicyclic) bond motifs is 1. The van der Waals surface area contributed by atoms with Crippen LogP contribution in [0.15, 0.2) is 30.5 Å². The van der Waals surface area contributed by atoms with E-state index in [1.54, 1.807) is 0 Å². The highest BCUT2D eigenvalue weighted by Gasteiger charge is 2.18. The molecule has 5 nitrogen and oxygen atoms in total. The van der Waals surface area contributed by atoms with Gasteiger partial charge in [-0.15, -0.1) is 0 Å². The molecule has 1 heterocycles. The number of aromatic nitrogens is 1. The van der Waals surface area contributed by atoms with E-state index in [4.69, 9.17) is 10.8 Å². The number of nitrogens with two attached hydrogens (primary N) is 1. The zero-order valence-electron chi connectivity index (χ0n) is 12.3. The summed E-state index contributed by atoms with van der Waals surface area (Å²) >= 11 is 0. The zero-order valence-corrected chi connectivity index (χ0v) is 12.3. The minimum absolute atomic E-state index is 0.0171. The summed E-state index contributed by atoms with van der Waals surface area (Å²) in [4.78, 5) is 15.3. The van der Waals surface area contributed by atoms with E-state index in [1.165, 1.54) is 0 Å². The van der Waals surface area contributed by atoms with E-state index in [0.717, 1.165) is 22.9 Å². The molecular formula is C16H23N3O2. The zero-order chi connectivity index (χ0) is 15.2. The van der Waals surface area contributed by atoms with Crippen molar-refractivity contribution in [3.05, 3.63) is 36.0 Å². The van der Waals surface area contributed by atoms with Crippen LogP contribution in [-0.4, -0.2) is 34.7 Å². The molecule has 2 atom stereocenters. The number of nitrogens with one attached hydrogen (secondary N) is 2. The van der Waals surface area contributed by atoms with Crippen LogP contribution >= 0.6 is 0 Å². The van der Waals surface area contributed by atoms with Crippen molar-refractivity contribution >= 4 is 16.8 Å². The molecule has 2 aromatic rings. The third kappa shape index (κ3) is 3.83. The molecule has 0 radical (unpaired) electrons. The summed E-state index contributed by atoms with van der Waals surface area (Å²) in [7, 11) is 0. The number of carbonyl (C=O) groups is 1. The molecule has 1 amide bonds. The minimum atomic E-state index is -0.586. The Balaban J connectivity index is 2.00. The number of benzene rings is 1. The van der Waals surface area contributed by atoms with Gasteiger partial charge in [-0.1, -0.05) is 25.1 Å². The van der Waals surface area contributed by atoms with Gasteiger partial charge in [-0.3, -0.25) is 4.79 Å². The van der Waals surface area contributed by atoms with Crippen LogP contribution in [0.5, 0.6) is 0 Å². The van der Waals surface area contributed by atoms with Crippen LogP contribution in [-0.2, 0) is 11.2 Å². The van der Waals surface area contributed by atoms with Gasteiger partial charge in [0.25, 0.3) is 0 Å². The van der Waals surface area contributed by atoms with Gasteiger partial charge < -0.3 is 21.1 Å². The summed E-state index contributed by atoms with van der Waals surface area (Å²) in [6.07, 6.45) is 3.74. The largest absolute Gasteiger partial charge is 0.396 e. The van der Waals surface area contributed by atoms with Gasteiger partial charge >= 0.3 is 0 Å². The second kappa shape index (κ2) is 7.24. The lowest BCUT2D eigenvalue weighted by Crippen LogP contribution is -2.46. The van der Waals surface area contributed by atoms with E-state index < -0.39 is 6.04 Å². The van der Waals surface area contributed by atoms with Gasteiger partial charge in [0.2, 0.25) is 5.91 Å². The number of rotatable bonds is 7. The van der Waals surface area contributed by atoms with Crippen molar-refractivity contribution in [2.75, 3.05) is 6.61 Å². The van der Waals surface area contributed by atoms with E-state index >= 15 is 0 Å². The number of aromatic amines is 1. The Hall–Kier alpha value is -1.85. The van der Waals surface area contributed by atoms with Crippen molar-refractivity contribution in [1.82, 2.24) is 10.3 Å². The second-order valence-electron chi connectivity index (χ2n) is 5.30. The van der Waals surface area contributed by atoms with Crippen molar-refractivity contribution < 1.29 is 9.90 Å². The topological polar surface area (TPSA) is 91.1 Å². The highest BCUT2D eigenvalue weighted by Crippen LogP contribution is 2.18. The molecule has 0 saturated carbocycles. The Labute approximate surface area is 124 Å². The van der Waals surface area contributed by atoms with E-state index in [1.807, 2.05) is 37.4 Å². The first-order valence-corrected chi connectivity index (χ1v) is 7.37. The first kappa shape index (κ1) is 15.5. The molecule has 2 unspecified atom stereocenters. The summed E-state index contributed by atoms with van der Waals surface area (Å²) in [5, 5.41) is 13.0. The predicted octanol–water partition coefficient (Wildman–Crippen LogP) is 1.31. The van der Waals surface area contributed by atoms with Crippen molar-refractivity contribution in [2.24, 2.45) is 5.73 Å². The van der Waals surface area contributed by atoms with Gasteiger partial charge in [0.05, 0.1) is 6.04 Å². The van der Waals surface area contributed by atoms with Crippen LogP contribution in [0, 0.1) is 0 Å². The number of H-pyrrole nitrogens is 1. The quantitative estimate of drug-likeness (QED) is 0.619. The number of carbonyl (C=O) groups excluding carboxylic acids is 1. The Morgan fingerprint density at radius 2 is 2.19 bits per heavy atom. The van der Waals surface area contributed by atoms with Crippen LogP contribution in [0.3, 0.4) is 0 Å². The Kier molecular flexibility index (Phi) is 5.36. The maximum absolute atomic E-state index is 12.1. The number of amides is 1. The predicted molar refractivity (Wildman–Crippen MR) is 83.9 cm³/mol. The summed E-state index contributed by atoms with van der Waals surface area (Å²) < 4.78 is 0. The number of hydrogen-bond donors (Lipinski definition) is 4. The maximum Gasteiger partial charge on any atom is 0.237 e. The van der Waals surface area contributed by atoms with E-state index in [-0.39, 0.29) is 18.6 Å². The molecule has 0 bridgehead atoms. The number of hydrogen-bond acceptors (Lipinski definition) is 3.